The SMILES string of the molecule is Cc1cc(/C(O)=C2\C(=O)C(=O)N(c3ccc(F)cc3F)C2c2cccnc2)ccc1Br. The van der Waals surface area contributed by atoms with Crippen molar-refractivity contribution in [1.82, 2.24) is 4.98 Å². The van der Waals surface area contributed by atoms with Gasteiger partial charge in [-0.1, -0.05) is 28.1 Å². The largest absolute Gasteiger partial charge is 0.507 e. The zero-order chi connectivity index (χ0) is 22.3. The number of aromatic nitrogens is 1. The molecular weight excluding hydrogens is 470 g/mol. The van der Waals surface area contributed by atoms with Crippen molar-refractivity contribution in [2.45, 2.75) is 13.0 Å². The summed E-state index contributed by atoms with van der Waals surface area (Å²) in [6.45, 7) is 1.81. The lowest BCUT2D eigenvalue weighted by atomic mass is 9.95. The number of amides is 1. The number of Topliss-reactive ketones (excluding diaryl/α,β-unsaturated/α-hetero) is 1. The minimum atomic E-state index is -1.14. The number of carbonyl (C=O) groups is 2. The van der Waals surface area contributed by atoms with Crippen LogP contribution in [-0.2, 0) is 9.59 Å². The van der Waals surface area contributed by atoms with Crippen molar-refractivity contribution in [2.24, 2.45) is 0 Å². The minimum Gasteiger partial charge on any atom is -0.507 e. The van der Waals surface area contributed by atoms with Crippen molar-refractivity contribution >= 4 is 39.1 Å². The number of aliphatic hydroxyl groups is 1. The summed E-state index contributed by atoms with van der Waals surface area (Å²) in [7, 11) is 0. The summed E-state index contributed by atoms with van der Waals surface area (Å²) in [6, 6.07) is 9.74. The van der Waals surface area contributed by atoms with E-state index in [1.54, 1.807) is 30.3 Å². The second-order valence-corrected chi connectivity index (χ2v) is 7.87. The Morgan fingerprint density at radius 3 is 2.55 bits per heavy atom. The van der Waals surface area contributed by atoms with E-state index >= 15 is 0 Å². The molecule has 1 saturated heterocycles. The fraction of sp³-hybridized carbons (Fsp3) is 0.0870. The van der Waals surface area contributed by atoms with Gasteiger partial charge in [0.05, 0.1) is 17.3 Å². The molecule has 0 spiro atoms. The molecule has 1 aliphatic rings. The smallest absolute Gasteiger partial charge is 0.300 e. The average Bonchev–Trinajstić information content (AvgIpc) is 3.01. The summed E-state index contributed by atoms with van der Waals surface area (Å²) < 4.78 is 28.9. The van der Waals surface area contributed by atoms with Gasteiger partial charge in [-0.3, -0.25) is 19.5 Å². The first-order chi connectivity index (χ1) is 14.8. The Labute approximate surface area is 184 Å². The highest BCUT2D eigenvalue weighted by atomic mass is 79.9. The van der Waals surface area contributed by atoms with Crippen molar-refractivity contribution in [3.8, 4) is 0 Å². The molecule has 156 valence electrons. The van der Waals surface area contributed by atoms with Gasteiger partial charge < -0.3 is 5.11 Å². The van der Waals surface area contributed by atoms with Crippen LogP contribution in [0.3, 0.4) is 0 Å². The van der Waals surface area contributed by atoms with Crippen molar-refractivity contribution in [1.29, 1.82) is 0 Å². The van der Waals surface area contributed by atoms with E-state index in [2.05, 4.69) is 20.9 Å². The van der Waals surface area contributed by atoms with E-state index in [9.17, 15) is 23.5 Å². The Bertz CT molecular complexity index is 1240. The Kier molecular flexibility index (Phi) is 5.41. The van der Waals surface area contributed by atoms with Crippen LogP contribution in [0.1, 0.15) is 22.7 Å². The Morgan fingerprint density at radius 2 is 1.90 bits per heavy atom. The van der Waals surface area contributed by atoms with Crippen molar-refractivity contribution in [2.75, 3.05) is 4.90 Å². The lowest BCUT2D eigenvalue weighted by Gasteiger charge is -2.25. The summed E-state index contributed by atoms with van der Waals surface area (Å²) in [4.78, 5) is 30.9. The monoisotopic (exact) mass is 484 g/mol. The van der Waals surface area contributed by atoms with Gasteiger partial charge in [0.25, 0.3) is 11.7 Å². The molecule has 8 heteroatoms. The predicted molar refractivity (Wildman–Crippen MR) is 114 cm³/mol. The third-order valence-electron chi connectivity index (χ3n) is 5.05. The van der Waals surface area contributed by atoms with Gasteiger partial charge in [-0.25, -0.2) is 8.78 Å². The number of aliphatic hydroxyl groups excluding tert-OH is 1. The lowest BCUT2D eigenvalue weighted by molar-refractivity contribution is -0.132. The molecule has 3 aromatic rings. The van der Waals surface area contributed by atoms with Gasteiger partial charge in [-0.15, -0.1) is 0 Å². The van der Waals surface area contributed by atoms with Crippen LogP contribution in [0, 0.1) is 18.6 Å². The van der Waals surface area contributed by atoms with Gasteiger partial charge in [0, 0.05) is 28.5 Å². The molecule has 0 bridgehead atoms. The van der Waals surface area contributed by atoms with E-state index in [0.29, 0.717) is 17.2 Å². The lowest BCUT2D eigenvalue weighted by Crippen LogP contribution is -2.30. The first-order valence-electron chi connectivity index (χ1n) is 9.22. The zero-order valence-corrected chi connectivity index (χ0v) is 17.7. The van der Waals surface area contributed by atoms with Crippen LogP contribution in [0.4, 0.5) is 14.5 Å². The number of hydrogen-bond acceptors (Lipinski definition) is 4. The fourth-order valence-electron chi connectivity index (χ4n) is 3.56. The van der Waals surface area contributed by atoms with E-state index in [-0.39, 0.29) is 11.3 Å². The van der Waals surface area contributed by atoms with E-state index in [4.69, 9.17) is 0 Å². The Hall–Kier alpha value is -3.39. The molecule has 5 nitrogen and oxygen atoms in total. The van der Waals surface area contributed by atoms with Crippen LogP contribution in [-0.4, -0.2) is 21.8 Å². The fourth-order valence-corrected chi connectivity index (χ4v) is 3.80. The third-order valence-corrected chi connectivity index (χ3v) is 5.93. The van der Waals surface area contributed by atoms with Gasteiger partial charge in [0.1, 0.15) is 17.4 Å². The molecule has 1 aromatic heterocycles. The highest BCUT2D eigenvalue weighted by Gasteiger charge is 2.47. The van der Waals surface area contributed by atoms with Gasteiger partial charge in [-0.2, -0.15) is 0 Å². The van der Waals surface area contributed by atoms with E-state index in [0.717, 1.165) is 27.1 Å². The molecule has 0 saturated carbocycles. The highest BCUT2D eigenvalue weighted by molar-refractivity contribution is 9.10. The van der Waals surface area contributed by atoms with E-state index in [1.165, 1.54) is 12.4 Å². The highest BCUT2D eigenvalue weighted by Crippen LogP contribution is 2.42. The Balaban J connectivity index is 1.97. The molecule has 1 aliphatic heterocycles. The summed E-state index contributed by atoms with van der Waals surface area (Å²) in [5.74, 6) is -4.23. The van der Waals surface area contributed by atoms with E-state index in [1.807, 2.05) is 6.92 Å². The average molecular weight is 485 g/mol. The molecule has 1 N–H and O–H groups in total. The maximum absolute atomic E-state index is 14.6. The normalized spacial score (nSPS) is 17.9. The first-order valence-corrected chi connectivity index (χ1v) is 10.0. The minimum absolute atomic E-state index is 0.205. The van der Waals surface area contributed by atoms with Crippen molar-refractivity contribution in [3.05, 3.63) is 99.3 Å². The maximum Gasteiger partial charge on any atom is 0.300 e. The second-order valence-electron chi connectivity index (χ2n) is 7.02. The summed E-state index contributed by atoms with van der Waals surface area (Å²) in [5, 5.41) is 11.0. The number of rotatable bonds is 3. The number of halogens is 3. The molecule has 0 radical (unpaired) electrons. The topological polar surface area (TPSA) is 70.5 Å². The zero-order valence-electron chi connectivity index (χ0n) is 16.1. The number of ketones is 1. The third kappa shape index (κ3) is 3.63. The van der Waals surface area contributed by atoms with Crippen LogP contribution in [0.15, 0.2) is 71.0 Å². The van der Waals surface area contributed by atoms with E-state index < -0.39 is 35.1 Å². The number of anilines is 1. The number of aryl methyl sites for hydroxylation is 1. The molecular formula is C23H15BrF2N2O3. The summed E-state index contributed by atoms with van der Waals surface area (Å²) in [5.41, 5.74) is 1.04. The van der Waals surface area contributed by atoms with Gasteiger partial charge >= 0.3 is 0 Å². The molecule has 1 atom stereocenters. The van der Waals surface area contributed by atoms with Gasteiger partial charge in [-0.05, 0) is 48.4 Å². The van der Waals surface area contributed by atoms with Crippen molar-refractivity contribution < 1.29 is 23.5 Å². The number of pyridine rings is 1. The number of benzene rings is 2. The molecule has 1 amide bonds. The molecule has 1 fully saturated rings. The number of carbonyl (C=O) groups excluding carboxylic acids is 2. The van der Waals surface area contributed by atoms with Crippen LogP contribution in [0.2, 0.25) is 0 Å². The standard InChI is InChI=1S/C23H15BrF2N2O3/c1-12-9-13(4-6-16(12)24)21(29)19-20(14-3-2-8-27-11-14)28(23(31)22(19)30)18-7-5-15(25)10-17(18)26/h2-11,20,29H,1H3/b21-19+. The molecule has 31 heavy (non-hydrogen) atoms. The van der Waals surface area contributed by atoms with Crippen LogP contribution in [0.5, 0.6) is 0 Å². The Morgan fingerprint density at radius 1 is 1.13 bits per heavy atom. The first kappa shape index (κ1) is 20.9. The molecule has 0 aliphatic carbocycles. The molecule has 1 unspecified atom stereocenters. The van der Waals surface area contributed by atoms with Crippen molar-refractivity contribution in [3.63, 3.8) is 0 Å². The molecule has 2 heterocycles. The second kappa shape index (κ2) is 8.03. The van der Waals surface area contributed by atoms with Crippen LogP contribution < -0.4 is 4.90 Å². The summed E-state index contributed by atoms with van der Waals surface area (Å²) in [6.07, 6.45) is 2.93. The van der Waals surface area contributed by atoms with Gasteiger partial charge in [0.15, 0.2) is 0 Å². The van der Waals surface area contributed by atoms with Crippen LogP contribution in [0.25, 0.3) is 5.76 Å². The number of hydrogen-bond donors (Lipinski definition) is 1. The predicted octanol–water partition coefficient (Wildman–Crippen LogP) is 5.06. The van der Waals surface area contributed by atoms with Gasteiger partial charge in [0.2, 0.25) is 0 Å². The molecule has 4 rings (SSSR count). The summed E-state index contributed by atoms with van der Waals surface area (Å²) >= 11 is 3.38. The maximum atomic E-state index is 14.6. The number of nitrogens with zero attached hydrogens (tertiary/aromatic N) is 2. The molecule has 2 aromatic carbocycles. The van der Waals surface area contributed by atoms with Crippen LogP contribution >= 0.6 is 15.9 Å². The quantitative estimate of drug-likeness (QED) is 0.320.